The first-order valence-corrected chi connectivity index (χ1v) is 12.3. The third-order valence-corrected chi connectivity index (χ3v) is 6.35. The largest absolute Gasteiger partial charge is 0.491 e. The van der Waals surface area contributed by atoms with Crippen LogP contribution in [0.25, 0.3) is 11.3 Å². The average molecular weight is 592 g/mol. The number of ether oxygens (including phenoxy) is 1. The fourth-order valence-electron chi connectivity index (χ4n) is 4.07. The highest BCUT2D eigenvalue weighted by Gasteiger charge is 2.44. The molecule has 184 valence electrons. The van der Waals surface area contributed by atoms with Crippen molar-refractivity contribution in [3.05, 3.63) is 69.4 Å². The number of rotatable bonds is 9. The van der Waals surface area contributed by atoms with E-state index in [-0.39, 0.29) is 30.9 Å². The molecule has 2 atom stereocenters. The monoisotopic (exact) mass is 592 g/mol. The fraction of sp³-hybridized carbons (Fsp3) is 0.320. The number of hydrogen-bond acceptors (Lipinski definition) is 5. The lowest BCUT2D eigenvalue weighted by Gasteiger charge is -2.25. The van der Waals surface area contributed by atoms with E-state index in [2.05, 4.69) is 15.3 Å². The van der Waals surface area contributed by atoms with E-state index in [1.165, 1.54) is 17.2 Å². The van der Waals surface area contributed by atoms with Crippen molar-refractivity contribution in [3.8, 4) is 17.0 Å². The molecule has 1 aliphatic rings. The highest BCUT2D eigenvalue weighted by Crippen LogP contribution is 2.34. The van der Waals surface area contributed by atoms with Gasteiger partial charge in [0.2, 0.25) is 0 Å². The van der Waals surface area contributed by atoms with Crippen LogP contribution in [-0.2, 0) is 4.79 Å². The number of imidazole rings is 1. The summed E-state index contributed by atoms with van der Waals surface area (Å²) in [6.07, 6.45) is 2.01. The van der Waals surface area contributed by atoms with Gasteiger partial charge in [0.15, 0.2) is 0 Å². The average Bonchev–Trinajstić information content (AvgIpc) is 3.41. The molecule has 2 aromatic carbocycles. The molecule has 35 heavy (non-hydrogen) atoms. The molecule has 1 aliphatic heterocycles. The zero-order valence-corrected chi connectivity index (χ0v) is 21.5. The van der Waals surface area contributed by atoms with Crippen LogP contribution in [0.5, 0.6) is 5.75 Å². The van der Waals surface area contributed by atoms with E-state index < -0.39 is 18.1 Å². The van der Waals surface area contributed by atoms with E-state index >= 15 is 0 Å². The second-order valence-corrected chi connectivity index (χ2v) is 9.93. The molecule has 1 saturated heterocycles. The summed E-state index contributed by atoms with van der Waals surface area (Å²) in [4.78, 5) is 35.2. The molecule has 2 heterocycles. The topological polar surface area (TPSA) is 108 Å². The first-order chi connectivity index (χ1) is 16.8. The minimum Gasteiger partial charge on any atom is -0.491 e. The van der Waals surface area contributed by atoms with Gasteiger partial charge in [-0.15, -0.1) is 0 Å². The summed E-state index contributed by atoms with van der Waals surface area (Å²) in [5.41, 5.74) is 1.46. The molecule has 0 saturated carbocycles. The number of carbonyl (C=O) groups excluding carboxylic acids is 2. The Balaban J connectivity index is 1.60. The van der Waals surface area contributed by atoms with E-state index in [0.29, 0.717) is 34.8 Å². The van der Waals surface area contributed by atoms with Crippen LogP contribution in [0.2, 0.25) is 0 Å². The van der Waals surface area contributed by atoms with Gasteiger partial charge in [0, 0.05) is 9.13 Å². The number of imide groups is 1. The maximum absolute atomic E-state index is 14.5. The molecule has 1 unspecified atom stereocenters. The van der Waals surface area contributed by atoms with Gasteiger partial charge < -0.3 is 20.1 Å². The fourth-order valence-corrected chi connectivity index (χ4v) is 4.52. The molecule has 4 rings (SSSR count). The highest BCUT2D eigenvalue weighted by molar-refractivity contribution is 14.1. The van der Waals surface area contributed by atoms with Crippen molar-refractivity contribution in [3.63, 3.8) is 0 Å². The Morgan fingerprint density at radius 2 is 1.94 bits per heavy atom. The summed E-state index contributed by atoms with van der Waals surface area (Å²) in [6.45, 7) is 4.06. The van der Waals surface area contributed by atoms with Crippen molar-refractivity contribution in [1.82, 2.24) is 20.2 Å². The maximum atomic E-state index is 14.5. The number of aliphatic hydroxyl groups excluding tert-OH is 1. The molecular weight excluding hydrogens is 566 g/mol. The lowest BCUT2D eigenvalue weighted by molar-refractivity contribution is -0.129. The van der Waals surface area contributed by atoms with Gasteiger partial charge in [-0.2, -0.15) is 0 Å². The lowest BCUT2D eigenvalue weighted by atomic mass is 10.0. The molecule has 0 bridgehead atoms. The molecule has 0 radical (unpaired) electrons. The summed E-state index contributed by atoms with van der Waals surface area (Å²) in [5, 5.41) is 11.7. The van der Waals surface area contributed by atoms with Crippen LogP contribution >= 0.6 is 22.6 Å². The number of H-pyrrole nitrogens is 1. The molecule has 1 aromatic heterocycles. The first-order valence-electron chi connectivity index (χ1n) is 11.3. The van der Waals surface area contributed by atoms with Gasteiger partial charge >= 0.3 is 6.03 Å². The third kappa shape index (κ3) is 5.48. The van der Waals surface area contributed by atoms with Crippen LogP contribution < -0.4 is 10.1 Å². The predicted molar refractivity (Wildman–Crippen MR) is 136 cm³/mol. The van der Waals surface area contributed by atoms with Crippen molar-refractivity contribution in [2.24, 2.45) is 5.92 Å². The molecule has 1 fully saturated rings. The normalized spacial score (nSPS) is 16.6. The minimum atomic E-state index is -0.841. The predicted octanol–water partition coefficient (Wildman–Crippen LogP) is 4.57. The molecule has 0 spiro atoms. The van der Waals surface area contributed by atoms with Gasteiger partial charge in [-0.1, -0.05) is 26.0 Å². The van der Waals surface area contributed by atoms with Gasteiger partial charge in [-0.3, -0.25) is 9.69 Å². The summed E-state index contributed by atoms with van der Waals surface area (Å²) >= 11 is 2.04. The number of halogens is 2. The van der Waals surface area contributed by atoms with Gasteiger partial charge in [0.1, 0.15) is 30.0 Å². The number of aromatic nitrogens is 2. The second kappa shape index (κ2) is 10.7. The Kier molecular flexibility index (Phi) is 7.70. The molecular formula is C25H26FIN4O4. The van der Waals surface area contributed by atoms with Crippen molar-refractivity contribution in [2.45, 2.75) is 32.4 Å². The Morgan fingerprint density at radius 1 is 1.20 bits per heavy atom. The van der Waals surface area contributed by atoms with Crippen LogP contribution in [0.4, 0.5) is 9.18 Å². The summed E-state index contributed by atoms with van der Waals surface area (Å²) in [7, 11) is 0. The Hall–Kier alpha value is -2.99. The summed E-state index contributed by atoms with van der Waals surface area (Å²) < 4.78 is 20.7. The standard InChI is InChI=1S/C25H26FIN4O4/c1-14(2)11-21(23-28-13-20(29-23)18-8-5-16(27)12-19(18)26)31-24(33)22(30-25(31)34)15-3-6-17(7-4-15)35-10-9-32/h3-8,12-14,21-22,32H,9-11H2,1-2H3,(H,28,29)(H,30,34)/t21-,22?/m1/s1. The summed E-state index contributed by atoms with van der Waals surface area (Å²) in [5.74, 6) is 0.367. The number of carbonyl (C=O) groups is 2. The van der Waals surface area contributed by atoms with E-state index in [1.807, 2.05) is 36.4 Å². The molecule has 10 heteroatoms. The zero-order chi connectivity index (χ0) is 25.1. The number of aliphatic hydroxyl groups is 1. The lowest BCUT2D eigenvalue weighted by Crippen LogP contribution is -2.36. The van der Waals surface area contributed by atoms with E-state index in [9.17, 15) is 14.0 Å². The Bertz CT molecular complexity index is 1210. The number of urea groups is 1. The number of hydrogen-bond donors (Lipinski definition) is 3. The van der Waals surface area contributed by atoms with Gasteiger partial charge in [-0.05, 0) is 70.8 Å². The maximum Gasteiger partial charge on any atom is 0.325 e. The Labute approximate surface area is 216 Å². The Morgan fingerprint density at radius 3 is 2.60 bits per heavy atom. The quantitative estimate of drug-likeness (QED) is 0.249. The minimum absolute atomic E-state index is 0.101. The molecule has 3 N–H and O–H groups in total. The number of nitrogens with zero attached hydrogens (tertiary/aromatic N) is 2. The smallest absolute Gasteiger partial charge is 0.325 e. The van der Waals surface area contributed by atoms with Gasteiger partial charge in [0.25, 0.3) is 5.91 Å². The van der Waals surface area contributed by atoms with Crippen molar-refractivity contribution in [2.75, 3.05) is 13.2 Å². The molecule has 3 aromatic rings. The number of nitrogens with one attached hydrogen (secondary N) is 2. The number of aromatic amines is 1. The SMILES string of the molecule is CC(C)C[C@H](c1ncc(-c2ccc(I)cc2F)[nH]1)N1C(=O)NC(c2ccc(OCCO)cc2)C1=O. The van der Waals surface area contributed by atoms with Crippen LogP contribution in [0.1, 0.15) is 43.7 Å². The van der Waals surface area contributed by atoms with Crippen LogP contribution in [0.3, 0.4) is 0 Å². The van der Waals surface area contributed by atoms with Gasteiger partial charge in [-0.25, -0.2) is 14.2 Å². The van der Waals surface area contributed by atoms with Crippen molar-refractivity contribution >= 4 is 34.5 Å². The van der Waals surface area contributed by atoms with Crippen molar-refractivity contribution in [1.29, 1.82) is 0 Å². The highest BCUT2D eigenvalue weighted by atomic mass is 127. The molecule has 0 aliphatic carbocycles. The van der Waals surface area contributed by atoms with E-state index in [1.54, 1.807) is 36.4 Å². The third-order valence-electron chi connectivity index (χ3n) is 5.68. The molecule has 8 nitrogen and oxygen atoms in total. The first kappa shape index (κ1) is 25.1. The second-order valence-electron chi connectivity index (χ2n) is 8.68. The van der Waals surface area contributed by atoms with Crippen LogP contribution in [-0.4, -0.2) is 45.1 Å². The van der Waals surface area contributed by atoms with E-state index in [4.69, 9.17) is 9.84 Å². The summed E-state index contributed by atoms with van der Waals surface area (Å²) in [6, 6.07) is 9.71. The van der Waals surface area contributed by atoms with Crippen LogP contribution in [0, 0.1) is 15.3 Å². The van der Waals surface area contributed by atoms with Gasteiger partial charge in [0.05, 0.1) is 24.5 Å². The zero-order valence-electron chi connectivity index (χ0n) is 19.3. The van der Waals surface area contributed by atoms with Crippen molar-refractivity contribution < 1.29 is 23.8 Å². The van der Waals surface area contributed by atoms with E-state index in [0.717, 1.165) is 3.57 Å². The number of benzene rings is 2. The number of amides is 3. The van der Waals surface area contributed by atoms with Crippen LogP contribution in [0.15, 0.2) is 48.7 Å². The molecule has 3 amide bonds.